The van der Waals surface area contributed by atoms with E-state index in [2.05, 4.69) is 4.72 Å². The van der Waals surface area contributed by atoms with Crippen LogP contribution in [0.1, 0.15) is 28.0 Å². The summed E-state index contributed by atoms with van der Waals surface area (Å²) in [5.41, 5.74) is 3.01. The summed E-state index contributed by atoms with van der Waals surface area (Å²) in [5, 5.41) is 0.466. The first-order chi connectivity index (χ1) is 21.2. The highest BCUT2D eigenvalue weighted by Gasteiger charge is 2.47. The number of fused-ring (bicyclic) bond motifs is 1. The van der Waals surface area contributed by atoms with Crippen molar-refractivity contribution in [2.75, 3.05) is 4.72 Å². The molecule has 0 aliphatic carbocycles. The van der Waals surface area contributed by atoms with Gasteiger partial charge in [-0.1, -0.05) is 109 Å². The Balaban J connectivity index is 1.73. The van der Waals surface area contributed by atoms with E-state index in [1.54, 1.807) is 60.7 Å². The molecule has 1 heterocycles. The number of sulfonamides is 1. The normalized spacial score (nSPS) is 13.8. The van der Waals surface area contributed by atoms with Crippen LogP contribution in [-0.2, 0) is 24.7 Å². The van der Waals surface area contributed by atoms with E-state index < -0.39 is 23.9 Å². The lowest BCUT2D eigenvalue weighted by Gasteiger charge is -2.35. The van der Waals surface area contributed by atoms with Crippen molar-refractivity contribution in [1.82, 2.24) is 0 Å². The van der Waals surface area contributed by atoms with Gasteiger partial charge in [0.25, 0.3) is 10.0 Å². The average molecular weight is 624 g/mol. The van der Waals surface area contributed by atoms with Crippen LogP contribution in [0.4, 0.5) is 5.69 Å². The molecule has 0 saturated heterocycles. The van der Waals surface area contributed by atoms with Crippen LogP contribution in [0, 0.1) is 13.8 Å². The number of anilines is 1. The van der Waals surface area contributed by atoms with E-state index >= 15 is 0 Å². The molecule has 2 N–H and O–H groups in total. The van der Waals surface area contributed by atoms with Gasteiger partial charge in [0.15, 0.2) is 11.4 Å². The highest BCUT2D eigenvalue weighted by atomic mass is 32.2. The molecule has 1 aromatic heterocycles. The van der Waals surface area contributed by atoms with Gasteiger partial charge in [0, 0.05) is 10.9 Å². The molecule has 6 aromatic rings. The number of nitrogens with one attached hydrogen (secondary N) is 1. The van der Waals surface area contributed by atoms with E-state index in [1.807, 2.05) is 68.4 Å². The Morgan fingerprint density at radius 1 is 0.773 bits per heavy atom. The topological polar surface area (TPSA) is 106 Å². The Morgan fingerprint density at radius 3 is 2.09 bits per heavy atom. The first kappa shape index (κ1) is 29.6. The molecule has 2 unspecified atom stereocenters. The number of furan rings is 1. The van der Waals surface area contributed by atoms with Gasteiger partial charge < -0.3 is 9.31 Å². The van der Waals surface area contributed by atoms with Crippen molar-refractivity contribution in [3.63, 3.8) is 0 Å². The largest absolute Gasteiger partial charge is 0.455 e. The molecule has 5 aromatic carbocycles. The predicted octanol–water partition coefficient (Wildman–Crippen LogP) is 8.21. The molecule has 222 valence electrons. The fourth-order valence-corrected chi connectivity index (χ4v) is 7.29. The van der Waals surface area contributed by atoms with Crippen LogP contribution < -0.4 is 4.72 Å². The molecule has 0 fully saturated rings. The zero-order chi connectivity index (χ0) is 30.9. The maximum atomic E-state index is 13.9. The first-order valence-corrected chi connectivity index (χ1v) is 16.7. The third-order valence-electron chi connectivity index (χ3n) is 7.62. The number of hydrogen-bond acceptors (Lipinski definition) is 5. The molecule has 7 nitrogen and oxygen atoms in total. The lowest BCUT2D eigenvalue weighted by Crippen LogP contribution is -2.32. The molecule has 0 saturated carbocycles. The molecule has 44 heavy (non-hydrogen) atoms. The standard InChI is InChI=1S/C35H30NO6PS/c1-24-20-22-28(23-21-24)44(39,40)36-33-29-17-9-10-19-31(29)41-34(33)35(42-43(37)38,27-15-7-4-8-16-27)30-18-11-12-25(2)32(30)26-13-5-3-6-14-26/h3-23,36,43H,1-2H3,(H,37,38). The fourth-order valence-electron chi connectivity index (χ4n) is 5.63. The van der Waals surface area contributed by atoms with E-state index in [1.165, 1.54) is 12.1 Å². The zero-order valence-electron chi connectivity index (χ0n) is 24.0. The summed E-state index contributed by atoms with van der Waals surface area (Å²) in [6.07, 6.45) is 0. The van der Waals surface area contributed by atoms with E-state index in [0.717, 1.165) is 22.3 Å². The highest BCUT2D eigenvalue weighted by molar-refractivity contribution is 7.92. The summed E-state index contributed by atoms with van der Waals surface area (Å²) in [5.74, 6) is 0.0239. The molecule has 9 heteroatoms. The van der Waals surface area contributed by atoms with Gasteiger partial charge in [0.05, 0.1) is 4.90 Å². The van der Waals surface area contributed by atoms with Crippen LogP contribution in [0.15, 0.2) is 137 Å². The van der Waals surface area contributed by atoms with Crippen LogP contribution in [0.25, 0.3) is 22.1 Å². The van der Waals surface area contributed by atoms with E-state index in [4.69, 9.17) is 8.94 Å². The predicted molar refractivity (Wildman–Crippen MR) is 173 cm³/mol. The number of hydrogen-bond donors (Lipinski definition) is 2. The van der Waals surface area contributed by atoms with Gasteiger partial charge in [-0.25, -0.2) is 8.42 Å². The smallest absolute Gasteiger partial charge is 0.318 e. The van der Waals surface area contributed by atoms with Gasteiger partial charge >= 0.3 is 8.25 Å². The Morgan fingerprint density at radius 2 is 1.41 bits per heavy atom. The van der Waals surface area contributed by atoms with E-state index in [0.29, 0.717) is 22.1 Å². The summed E-state index contributed by atoms with van der Waals surface area (Å²) in [6, 6.07) is 37.7. The molecule has 0 aliphatic rings. The van der Waals surface area contributed by atoms with Gasteiger partial charge in [-0.2, -0.15) is 0 Å². The third-order valence-corrected chi connectivity index (χ3v) is 9.46. The monoisotopic (exact) mass is 623 g/mol. The second kappa shape index (κ2) is 11.9. The second-order valence-electron chi connectivity index (χ2n) is 10.5. The number of para-hydroxylation sites is 1. The minimum Gasteiger partial charge on any atom is -0.455 e. The minimum atomic E-state index is -4.14. The maximum Gasteiger partial charge on any atom is 0.318 e. The van der Waals surface area contributed by atoms with Crippen LogP contribution in [0.5, 0.6) is 0 Å². The van der Waals surface area contributed by atoms with Crippen molar-refractivity contribution in [2.45, 2.75) is 24.3 Å². The van der Waals surface area contributed by atoms with Gasteiger partial charge in [0.2, 0.25) is 0 Å². The zero-order valence-corrected chi connectivity index (χ0v) is 25.8. The Bertz CT molecular complexity index is 2080. The van der Waals surface area contributed by atoms with E-state index in [-0.39, 0.29) is 16.3 Å². The summed E-state index contributed by atoms with van der Waals surface area (Å²) < 4.78 is 56.1. The molecule has 6 rings (SSSR count). The Kier molecular flexibility index (Phi) is 8.01. The van der Waals surface area contributed by atoms with Crippen LogP contribution in [-0.4, -0.2) is 13.3 Å². The summed E-state index contributed by atoms with van der Waals surface area (Å²) in [7, 11) is -7.82. The summed E-state index contributed by atoms with van der Waals surface area (Å²) in [6.45, 7) is 3.82. The SMILES string of the molecule is Cc1ccc(S(=O)(=O)Nc2c(C(O[PH](=O)O)(c3ccccc3)c3cccc(C)c3-c3ccccc3)oc3ccccc23)cc1. The lowest BCUT2D eigenvalue weighted by molar-refractivity contribution is 0.123. The number of benzene rings is 5. The van der Waals surface area contributed by atoms with Crippen molar-refractivity contribution in [3.05, 3.63) is 155 Å². The molecule has 0 amide bonds. The summed E-state index contributed by atoms with van der Waals surface area (Å²) >= 11 is 0. The van der Waals surface area contributed by atoms with Gasteiger partial charge in [-0.05, 0) is 60.4 Å². The summed E-state index contributed by atoms with van der Waals surface area (Å²) in [4.78, 5) is 10.6. The highest BCUT2D eigenvalue weighted by Crippen LogP contribution is 2.53. The molecular formula is C35H30NO6PS. The van der Waals surface area contributed by atoms with Crippen LogP contribution in [0.3, 0.4) is 0 Å². The van der Waals surface area contributed by atoms with Crippen molar-refractivity contribution < 1.29 is 26.8 Å². The maximum absolute atomic E-state index is 13.9. The van der Waals surface area contributed by atoms with Gasteiger partial charge in [-0.15, -0.1) is 0 Å². The second-order valence-corrected chi connectivity index (χ2v) is 12.9. The lowest BCUT2D eigenvalue weighted by atomic mass is 9.78. The molecule has 0 aliphatic heterocycles. The van der Waals surface area contributed by atoms with E-state index in [9.17, 15) is 17.9 Å². The molecule has 0 spiro atoms. The van der Waals surface area contributed by atoms with Crippen LogP contribution >= 0.6 is 8.25 Å². The van der Waals surface area contributed by atoms with Gasteiger partial charge in [-0.3, -0.25) is 13.8 Å². The quantitative estimate of drug-likeness (QED) is 0.157. The van der Waals surface area contributed by atoms with Crippen molar-refractivity contribution in [1.29, 1.82) is 0 Å². The van der Waals surface area contributed by atoms with Crippen molar-refractivity contribution >= 4 is 34.9 Å². The molecule has 0 radical (unpaired) electrons. The number of rotatable bonds is 9. The Hall–Kier alpha value is -4.46. The minimum absolute atomic E-state index is 0.0239. The Labute approximate surface area is 256 Å². The fraction of sp³-hybridized carbons (Fsp3) is 0.0857. The molecule has 2 atom stereocenters. The first-order valence-electron chi connectivity index (χ1n) is 13.9. The molecule has 0 bridgehead atoms. The van der Waals surface area contributed by atoms with Crippen LogP contribution in [0.2, 0.25) is 0 Å². The van der Waals surface area contributed by atoms with Gasteiger partial charge in [0.1, 0.15) is 11.3 Å². The number of aryl methyl sites for hydroxylation is 2. The van der Waals surface area contributed by atoms with Crippen molar-refractivity contribution in [3.8, 4) is 11.1 Å². The van der Waals surface area contributed by atoms with Crippen molar-refractivity contribution in [2.24, 2.45) is 0 Å². The molecular weight excluding hydrogens is 593 g/mol. The third kappa shape index (κ3) is 5.38. The average Bonchev–Trinajstić information content (AvgIpc) is 3.38.